The first-order valence-electron chi connectivity index (χ1n) is 7.94. The Hall–Kier alpha value is -1.46. The summed E-state index contributed by atoms with van der Waals surface area (Å²) in [5, 5.41) is 6.39. The molecule has 6 heteroatoms. The summed E-state index contributed by atoms with van der Waals surface area (Å²) in [4.78, 5) is 12.2. The van der Waals surface area contributed by atoms with Crippen LogP contribution in [0.2, 0.25) is 0 Å². The second kappa shape index (κ2) is 10.3. The molecule has 23 heavy (non-hydrogen) atoms. The summed E-state index contributed by atoms with van der Waals surface area (Å²) in [5.74, 6) is 1.78. The fourth-order valence-corrected chi connectivity index (χ4v) is 2.79. The Morgan fingerprint density at radius 1 is 1.22 bits per heavy atom. The van der Waals surface area contributed by atoms with Gasteiger partial charge in [0, 0.05) is 12.5 Å². The Morgan fingerprint density at radius 3 is 2.74 bits per heavy atom. The molecular formula is C17H27ClN2O3. The third kappa shape index (κ3) is 5.92. The molecule has 0 aliphatic carbocycles. The molecule has 2 N–H and O–H groups in total. The highest BCUT2D eigenvalue weighted by Gasteiger charge is 2.19. The average Bonchev–Trinajstić information content (AvgIpc) is 2.83. The van der Waals surface area contributed by atoms with E-state index in [1.807, 2.05) is 18.2 Å². The second-order valence-electron chi connectivity index (χ2n) is 5.61. The highest BCUT2D eigenvalue weighted by Crippen LogP contribution is 2.27. The molecule has 1 aliphatic heterocycles. The molecule has 5 nitrogen and oxygen atoms in total. The van der Waals surface area contributed by atoms with Crippen molar-refractivity contribution in [1.82, 2.24) is 10.6 Å². The van der Waals surface area contributed by atoms with Crippen molar-refractivity contribution in [3.05, 3.63) is 23.8 Å². The normalized spacial score (nSPS) is 17.6. The number of carbonyl (C=O) groups excluding carboxylic acids is 1. The summed E-state index contributed by atoms with van der Waals surface area (Å²) >= 11 is 0. The van der Waals surface area contributed by atoms with Crippen molar-refractivity contribution in [1.29, 1.82) is 0 Å². The number of ether oxygens (including phenoxy) is 2. The van der Waals surface area contributed by atoms with Crippen LogP contribution in [0.3, 0.4) is 0 Å². The third-order valence-electron chi connectivity index (χ3n) is 4.11. The van der Waals surface area contributed by atoms with Gasteiger partial charge in [0.1, 0.15) is 0 Å². The number of nitrogens with one attached hydrogen (secondary N) is 2. The van der Waals surface area contributed by atoms with E-state index in [4.69, 9.17) is 9.47 Å². The molecule has 0 aromatic heterocycles. The molecule has 1 amide bonds. The number of methoxy groups -OCH3 is 2. The summed E-state index contributed by atoms with van der Waals surface area (Å²) in [6, 6.07) is 5.86. The predicted molar refractivity (Wildman–Crippen MR) is 93.7 cm³/mol. The van der Waals surface area contributed by atoms with Gasteiger partial charge in [-0.2, -0.15) is 0 Å². The first kappa shape index (κ1) is 19.6. The Labute approximate surface area is 144 Å². The highest BCUT2D eigenvalue weighted by atomic mass is 35.5. The molecule has 1 unspecified atom stereocenters. The Balaban J connectivity index is 0.00000264. The molecular weight excluding hydrogens is 316 g/mol. The molecule has 1 saturated heterocycles. The molecule has 0 bridgehead atoms. The molecule has 2 rings (SSSR count). The SMILES string of the molecule is COc1ccc(CCNC(=O)C2CCCNCC2)cc1OC.Cl. The van der Waals surface area contributed by atoms with E-state index in [0.717, 1.165) is 55.8 Å². The molecule has 1 aromatic rings. The molecule has 130 valence electrons. The van der Waals surface area contributed by atoms with Crippen LogP contribution in [0.5, 0.6) is 11.5 Å². The maximum Gasteiger partial charge on any atom is 0.223 e. The first-order valence-corrected chi connectivity index (χ1v) is 7.94. The van der Waals surface area contributed by atoms with E-state index < -0.39 is 0 Å². The minimum atomic E-state index is 0. The van der Waals surface area contributed by atoms with E-state index in [1.54, 1.807) is 14.2 Å². The molecule has 0 saturated carbocycles. The highest BCUT2D eigenvalue weighted by molar-refractivity contribution is 5.85. The van der Waals surface area contributed by atoms with E-state index in [9.17, 15) is 4.79 Å². The molecule has 1 fully saturated rings. The number of benzene rings is 1. The van der Waals surface area contributed by atoms with Gasteiger partial charge in [0.25, 0.3) is 0 Å². The molecule has 1 atom stereocenters. The number of rotatable bonds is 6. The maximum atomic E-state index is 12.2. The summed E-state index contributed by atoms with van der Waals surface area (Å²) in [6.07, 6.45) is 3.78. The van der Waals surface area contributed by atoms with Crippen LogP contribution in [0.15, 0.2) is 18.2 Å². The number of halogens is 1. The topological polar surface area (TPSA) is 59.6 Å². The van der Waals surface area contributed by atoms with Crippen LogP contribution in [0, 0.1) is 5.92 Å². The van der Waals surface area contributed by atoms with Gasteiger partial charge in [-0.1, -0.05) is 6.07 Å². The van der Waals surface area contributed by atoms with E-state index in [-0.39, 0.29) is 24.2 Å². The van der Waals surface area contributed by atoms with Gasteiger partial charge in [0.2, 0.25) is 5.91 Å². The summed E-state index contributed by atoms with van der Waals surface area (Å²) in [6.45, 7) is 2.61. The van der Waals surface area contributed by atoms with Gasteiger partial charge in [0.15, 0.2) is 11.5 Å². The van der Waals surface area contributed by atoms with Crippen molar-refractivity contribution in [2.45, 2.75) is 25.7 Å². The van der Waals surface area contributed by atoms with Crippen molar-refractivity contribution in [2.24, 2.45) is 5.92 Å². The fourth-order valence-electron chi connectivity index (χ4n) is 2.79. The minimum absolute atomic E-state index is 0. The lowest BCUT2D eigenvalue weighted by Gasteiger charge is -2.14. The standard InChI is InChI=1S/C17H26N2O3.ClH/c1-21-15-6-5-13(12-16(15)22-2)7-11-19-17(20)14-4-3-9-18-10-8-14;/h5-6,12,14,18H,3-4,7-11H2,1-2H3,(H,19,20);1H. The van der Waals surface area contributed by atoms with Crippen molar-refractivity contribution in [3.8, 4) is 11.5 Å². The van der Waals surface area contributed by atoms with Crippen molar-refractivity contribution < 1.29 is 14.3 Å². The van der Waals surface area contributed by atoms with Gasteiger partial charge in [-0.05, 0) is 56.5 Å². The predicted octanol–water partition coefficient (Wildman–Crippen LogP) is 2.17. The molecule has 1 aliphatic rings. The number of hydrogen-bond acceptors (Lipinski definition) is 4. The van der Waals surface area contributed by atoms with Crippen LogP contribution in [0.25, 0.3) is 0 Å². The molecule has 0 radical (unpaired) electrons. The summed E-state index contributed by atoms with van der Waals surface area (Å²) < 4.78 is 10.5. The zero-order valence-electron chi connectivity index (χ0n) is 13.9. The summed E-state index contributed by atoms with van der Waals surface area (Å²) in [7, 11) is 3.25. The lowest BCUT2D eigenvalue weighted by molar-refractivity contribution is -0.125. The van der Waals surface area contributed by atoms with Gasteiger partial charge < -0.3 is 20.1 Å². The van der Waals surface area contributed by atoms with E-state index >= 15 is 0 Å². The third-order valence-corrected chi connectivity index (χ3v) is 4.11. The zero-order valence-corrected chi connectivity index (χ0v) is 14.7. The van der Waals surface area contributed by atoms with Gasteiger partial charge in [-0.25, -0.2) is 0 Å². The Kier molecular flexibility index (Phi) is 8.81. The zero-order chi connectivity index (χ0) is 15.8. The quantitative estimate of drug-likeness (QED) is 0.832. The number of amides is 1. The van der Waals surface area contributed by atoms with Crippen molar-refractivity contribution >= 4 is 18.3 Å². The molecule has 1 aromatic carbocycles. The van der Waals surface area contributed by atoms with Crippen LogP contribution in [-0.4, -0.2) is 39.8 Å². The van der Waals surface area contributed by atoms with E-state index in [0.29, 0.717) is 6.54 Å². The number of hydrogen-bond donors (Lipinski definition) is 2. The fraction of sp³-hybridized carbons (Fsp3) is 0.588. The van der Waals surface area contributed by atoms with E-state index in [2.05, 4.69) is 10.6 Å². The van der Waals surface area contributed by atoms with Gasteiger partial charge in [-0.3, -0.25) is 4.79 Å². The summed E-state index contributed by atoms with van der Waals surface area (Å²) in [5.41, 5.74) is 1.13. The second-order valence-corrected chi connectivity index (χ2v) is 5.61. The van der Waals surface area contributed by atoms with E-state index in [1.165, 1.54) is 0 Å². The van der Waals surface area contributed by atoms with Crippen molar-refractivity contribution in [2.75, 3.05) is 33.9 Å². The number of carbonyl (C=O) groups is 1. The van der Waals surface area contributed by atoms with Crippen LogP contribution >= 0.6 is 12.4 Å². The molecule has 0 spiro atoms. The molecule has 1 heterocycles. The minimum Gasteiger partial charge on any atom is -0.493 e. The van der Waals surface area contributed by atoms with Gasteiger partial charge in [-0.15, -0.1) is 12.4 Å². The first-order chi connectivity index (χ1) is 10.7. The van der Waals surface area contributed by atoms with Crippen LogP contribution in [-0.2, 0) is 11.2 Å². The largest absolute Gasteiger partial charge is 0.493 e. The average molecular weight is 343 g/mol. The lowest BCUT2D eigenvalue weighted by atomic mass is 10.00. The van der Waals surface area contributed by atoms with Crippen LogP contribution in [0.1, 0.15) is 24.8 Å². The Bertz CT molecular complexity index is 489. The maximum absolute atomic E-state index is 12.2. The lowest BCUT2D eigenvalue weighted by Crippen LogP contribution is -2.32. The van der Waals surface area contributed by atoms with Gasteiger partial charge >= 0.3 is 0 Å². The van der Waals surface area contributed by atoms with Crippen LogP contribution in [0.4, 0.5) is 0 Å². The van der Waals surface area contributed by atoms with Crippen molar-refractivity contribution in [3.63, 3.8) is 0 Å². The monoisotopic (exact) mass is 342 g/mol. The van der Waals surface area contributed by atoms with Crippen LogP contribution < -0.4 is 20.1 Å². The van der Waals surface area contributed by atoms with Gasteiger partial charge in [0.05, 0.1) is 14.2 Å². The Morgan fingerprint density at radius 2 is 2.00 bits per heavy atom. The smallest absolute Gasteiger partial charge is 0.223 e.